The van der Waals surface area contributed by atoms with Gasteiger partial charge in [0, 0.05) is 19.8 Å². The van der Waals surface area contributed by atoms with E-state index in [9.17, 15) is 9.59 Å². The van der Waals surface area contributed by atoms with Gasteiger partial charge in [-0.05, 0) is 18.2 Å². The molecule has 0 aromatic heterocycles. The lowest BCUT2D eigenvalue weighted by molar-refractivity contribution is -0.121. The molecular weight excluding hydrogens is 208 g/mol. The van der Waals surface area contributed by atoms with Crippen LogP contribution in [0.1, 0.15) is 10.4 Å². The van der Waals surface area contributed by atoms with Crippen molar-refractivity contribution < 1.29 is 14.3 Å². The number of nitrogens with two attached hydrogens (primary N) is 1. The molecule has 1 amide bonds. The molecule has 86 valence electrons. The summed E-state index contributed by atoms with van der Waals surface area (Å²) in [6.07, 6.45) is 0. The predicted molar refractivity (Wildman–Crippen MR) is 60.2 cm³/mol. The van der Waals surface area contributed by atoms with Crippen LogP contribution in [-0.2, 0) is 9.53 Å². The molecule has 0 radical (unpaired) electrons. The molecule has 1 aromatic carbocycles. The molecule has 1 rings (SSSR count). The minimum Gasteiger partial charge on any atom is -0.452 e. The van der Waals surface area contributed by atoms with E-state index in [0.717, 1.165) is 5.69 Å². The van der Waals surface area contributed by atoms with Gasteiger partial charge in [0.2, 0.25) is 0 Å². The number of hydrogen-bond acceptors (Lipinski definition) is 4. The number of nitrogens with zero attached hydrogens (tertiary/aromatic N) is 1. The van der Waals surface area contributed by atoms with E-state index in [0.29, 0.717) is 5.56 Å². The Bertz CT molecular complexity index is 402. The van der Waals surface area contributed by atoms with E-state index in [1.165, 1.54) is 0 Å². The van der Waals surface area contributed by atoms with Crippen LogP contribution in [0.2, 0.25) is 0 Å². The third-order valence-corrected chi connectivity index (χ3v) is 1.94. The van der Waals surface area contributed by atoms with Crippen molar-refractivity contribution in [1.82, 2.24) is 0 Å². The van der Waals surface area contributed by atoms with Crippen LogP contribution in [0.3, 0.4) is 0 Å². The average molecular weight is 222 g/mol. The first-order valence-electron chi connectivity index (χ1n) is 4.73. The summed E-state index contributed by atoms with van der Waals surface area (Å²) in [6, 6.07) is 6.92. The van der Waals surface area contributed by atoms with Gasteiger partial charge in [0.05, 0.1) is 5.56 Å². The Hall–Kier alpha value is -2.04. The molecule has 0 heterocycles. The maximum atomic E-state index is 11.5. The largest absolute Gasteiger partial charge is 0.452 e. The maximum Gasteiger partial charge on any atom is 0.338 e. The van der Waals surface area contributed by atoms with Crippen molar-refractivity contribution in [2.24, 2.45) is 5.73 Å². The standard InChI is InChI=1S/C11H14N2O3/c1-13(2)9-5-3-4-8(6-9)11(15)16-7-10(12)14/h3-6H,7H2,1-2H3,(H2,12,14). The summed E-state index contributed by atoms with van der Waals surface area (Å²) in [5, 5.41) is 0. The minimum atomic E-state index is -0.669. The van der Waals surface area contributed by atoms with E-state index in [1.807, 2.05) is 25.1 Å². The number of rotatable bonds is 4. The van der Waals surface area contributed by atoms with Crippen LogP contribution in [0.25, 0.3) is 0 Å². The highest BCUT2D eigenvalue weighted by molar-refractivity contribution is 5.92. The molecule has 0 bridgehead atoms. The van der Waals surface area contributed by atoms with E-state index in [4.69, 9.17) is 10.5 Å². The molecule has 16 heavy (non-hydrogen) atoms. The monoisotopic (exact) mass is 222 g/mol. The first-order valence-corrected chi connectivity index (χ1v) is 4.73. The molecule has 5 nitrogen and oxygen atoms in total. The summed E-state index contributed by atoms with van der Waals surface area (Å²) in [5.41, 5.74) is 6.15. The van der Waals surface area contributed by atoms with Crippen LogP contribution >= 0.6 is 0 Å². The van der Waals surface area contributed by atoms with Crippen molar-refractivity contribution in [2.45, 2.75) is 0 Å². The second kappa shape index (κ2) is 5.16. The fourth-order valence-electron chi connectivity index (χ4n) is 1.13. The molecule has 0 unspecified atom stereocenters. The van der Waals surface area contributed by atoms with E-state index in [-0.39, 0.29) is 0 Å². The summed E-state index contributed by atoms with van der Waals surface area (Å²) in [6.45, 7) is -0.398. The van der Waals surface area contributed by atoms with Crippen LogP contribution in [0, 0.1) is 0 Å². The van der Waals surface area contributed by atoms with E-state index < -0.39 is 18.5 Å². The average Bonchev–Trinajstić information content (AvgIpc) is 2.26. The zero-order valence-electron chi connectivity index (χ0n) is 9.27. The number of amides is 1. The van der Waals surface area contributed by atoms with Crippen molar-refractivity contribution in [2.75, 3.05) is 25.6 Å². The first-order chi connectivity index (χ1) is 7.50. The highest BCUT2D eigenvalue weighted by Crippen LogP contribution is 2.13. The number of esters is 1. The van der Waals surface area contributed by atoms with Crippen molar-refractivity contribution >= 4 is 17.6 Å². The molecule has 0 saturated carbocycles. The van der Waals surface area contributed by atoms with Crippen molar-refractivity contribution in [3.05, 3.63) is 29.8 Å². The fourth-order valence-corrected chi connectivity index (χ4v) is 1.13. The Kier molecular flexibility index (Phi) is 3.88. The van der Waals surface area contributed by atoms with Gasteiger partial charge in [-0.3, -0.25) is 4.79 Å². The predicted octanol–water partition coefficient (Wildman–Crippen LogP) is 0.395. The summed E-state index contributed by atoms with van der Waals surface area (Å²) < 4.78 is 4.69. The summed E-state index contributed by atoms with van der Waals surface area (Å²) in [5.74, 6) is -1.22. The van der Waals surface area contributed by atoms with Crippen LogP contribution in [0.4, 0.5) is 5.69 Å². The van der Waals surface area contributed by atoms with Crippen molar-refractivity contribution in [1.29, 1.82) is 0 Å². The fraction of sp³-hybridized carbons (Fsp3) is 0.273. The lowest BCUT2D eigenvalue weighted by Gasteiger charge is -2.12. The molecule has 1 aromatic rings. The van der Waals surface area contributed by atoms with Gasteiger partial charge in [-0.15, -0.1) is 0 Å². The van der Waals surface area contributed by atoms with Gasteiger partial charge in [-0.2, -0.15) is 0 Å². The van der Waals surface area contributed by atoms with Gasteiger partial charge < -0.3 is 15.4 Å². The number of anilines is 1. The summed E-state index contributed by atoms with van der Waals surface area (Å²) in [7, 11) is 3.74. The molecular formula is C11H14N2O3. The van der Waals surface area contributed by atoms with Gasteiger partial charge in [0.1, 0.15) is 0 Å². The first kappa shape index (κ1) is 12.0. The Labute approximate surface area is 93.8 Å². The smallest absolute Gasteiger partial charge is 0.338 e. The molecule has 0 aliphatic carbocycles. The lowest BCUT2D eigenvalue weighted by Crippen LogP contribution is -2.21. The highest BCUT2D eigenvalue weighted by atomic mass is 16.5. The number of carbonyl (C=O) groups excluding carboxylic acids is 2. The van der Waals surface area contributed by atoms with E-state index in [1.54, 1.807) is 18.2 Å². The number of benzene rings is 1. The van der Waals surface area contributed by atoms with Gasteiger partial charge in [0.25, 0.3) is 5.91 Å². The van der Waals surface area contributed by atoms with Crippen molar-refractivity contribution in [3.63, 3.8) is 0 Å². The quantitative estimate of drug-likeness (QED) is 0.748. The molecule has 2 N–H and O–H groups in total. The second-order valence-corrected chi connectivity index (χ2v) is 3.49. The summed E-state index contributed by atoms with van der Waals surface area (Å²) in [4.78, 5) is 23.8. The third-order valence-electron chi connectivity index (χ3n) is 1.94. The number of hydrogen-bond donors (Lipinski definition) is 1. The third kappa shape index (κ3) is 3.27. The highest BCUT2D eigenvalue weighted by Gasteiger charge is 2.09. The van der Waals surface area contributed by atoms with Crippen LogP contribution in [-0.4, -0.2) is 32.6 Å². The minimum absolute atomic E-state index is 0.396. The lowest BCUT2D eigenvalue weighted by atomic mass is 10.2. The molecule has 0 atom stereocenters. The van der Waals surface area contributed by atoms with E-state index in [2.05, 4.69) is 0 Å². The molecule has 0 aliphatic rings. The SMILES string of the molecule is CN(C)c1cccc(C(=O)OCC(N)=O)c1. The molecule has 5 heteroatoms. The van der Waals surface area contributed by atoms with Crippen LogP contribution in [0.15, 0.2) is 24.3 Å². The van der Waals surface area contributed by atoms with Gasteiger partial charge in [-0.25, -0.2) is 4.79 Å². The normalized spacial score (nSPS) is 9.62. The van der Waals surface area contributed by atoms with Crippen LogP contribution < -0.4 is 10.6 Å². The second-order valence-electron chi connectivity index (χ2n) is 3.49. The van der Waals surface area contributed by atoms with Gasteiger partial charge >= 0.3 is 5.97 Å². The zero-order valence-corrected chi connectivity index (χ0v) is 9.27. The van der Waals surface area contributed by atoms with Crippen molar-refractivity contribution in [3.8, 4) is 0 Å². The Morgan fingerprint density at radius 3 is 2.62 bits per heavy atom. The number of primary amides is 1. The number of ether oxygens (including phenoxy) is 1. The molecule has 0 fully saturated rings. The zero-order chi connectivity index (χ0) is 12.1. The van der Waals surface area contributed by atoms with Crippen LogP contribution in [0.5, 0.6) is 0 Å². The Morgan fingerprint density at radius 2 is 2.06 bits per heavy atom. The summed E-state index contributed by atoms with van der Waals surface area (Å²) >= 11 is 0. The van der Waals surface area contributed by atoms with Gasteiger partial charge in [-0.1, -0.05) is 6.07 Å². The number of carbonyl (C=O) groups is 2. The Morgan fingerprint density at radius 1 is 1.38 bits per heavy atom. The molecule has 0 spiro atoms. The molecule has 0 aliphatic heterocycles. The Balaban J connectivity index is 2.75. The van der Waals surface area contributed by atoms with E-state index >= 15 is 0 Å². The topological polar surface area (TPSA) is 72.6 Å². The van der Waals surface area contributed by atoms with Gasteiger partial charge in [0.15, 0.2) is 6.61 Å². The molecule has 0 saturated heterocycles. The maximum absolute atomic E-state index is 11.5.